The molecule has 0 aliphatic heterocycles. The second-order valence-electron chi connectivity index (χ2n) is 9.25. The third kappa shape index (κ3) is 4.19. The zero-order chi connectivity index (χ0) is 19.0. The van der Waals surface area contributed by atoms with Crippen molar-refractivity contribution in [2.75, 3.05) is 0 Å². The van der Waals surface area contributed by atoms with Crippen molar-refractivity contribution >= 4 is 44.6 Å². The summed E-state index contributed by atoms with van der Waals surface area (Å²) in [6.07, 6.45) is 9.26. The molecule has 2 aromatic rings. The summed E-state index contributed by atoms with van der Waals surface area (Å²) < 4.78 is 2.98. The van der Waals surface area contributed by atoms with Crippen LogP contribution in [-0.4, -0.2) is 35.7 Å². The molecule has 4 saturated carbocycles. The number of hydrogen-bond acceptors (Lipinski definition) is 1. The van der Waals surface area contributed by atoms with Gasteiger partial charge in [0.05, 0.1) is 0 Å². The Hall–Kier alpha value is -0.851. The van der Waals surface area contributed by atoms with Crippen LogP contribution in [-0.2, 0) is 4.79 Å². The summed E-state index contributed by atoms with van der Waals surface area (Å²) in [6.45, 7) is 0. The molecule has 1 nitrogen and oxygen atoms in total. The Labute approximate surface area is 181 Å². The fraction of sp³-hybridized carbons (Fsp3) is 0.480. The molecule has 0 radical (unpaired) electrons. The molecule has 0 unspecified atom stereocenters. The van der Waals surface area contributed by atoms with Gasteiger partial charge in [0.1, 0.15) is 0 Å². The summed E-state index contributed by atoms with van der Waals surface area (Å²) in [7, 11) is 0. The summed E-state index contributed by atoms with van der Waals surface area (Å²) in [5, 5.41) is 0. The van der Waals surface area contributed by atoms with Gasteiger partial charge in [-0.05, 0) is 0 Å². The van der Waals surface area contributed by atoms with E-state index >= 15 is 0 Å². The van der Waals surface area contributed by atoms with E-state index in [1.54, 1.807) is 0 Å². The number of carbonyl (C=O) groups excluding carboxylic acids is 1. The average molecular weight is 502 g/mol. The van der Waals surface area contributed by atoms with Crippen molar-refractivity contribution in [1.29, 1.82) is 0 Å². The van der Waals surface area contributed by atoms with Gasteiger partial charge in [0.2, 0.25) is 0 Å². The van der Waals surface area contributed by atoms with Crippen molar-refractivity contribution in [2.24, 2.45) is 23.2 Å². The summed E-state index contributed by atoms with van der Waals surface area (Å²) in [5.41, 5.74) is 0.365. The van der Waals surface area contributed by atoms with Gasteiger partial charge in [0.25, 0.3) is 0 Å². The number of rotatable bonds is 7. The van der Waals surface area contributed by atoms with E-state index in [9.17, 15) is 4.79 Å². The molecule has 0 amide bonds. The first-order chi connectivity index (χ1) is 13.7. The topological polar surface area (TPSA) is 17.1 Å². The van der Waals surface area contributed by atoms with Crippen LogP contribution in [0.15, 0.2) is 60.7 Å². The predicted octanol–water partition coefficient (Wildman–Crippen LogP) is 3.97. The Balaban J connectivity index is 1.35. The monoisotopic (exact) mass is 504 g/mol. The molecule has 4 aliphatic carbocycles. The molecule has 0 atom stereocenters. The fourth-order valence-electron chi connectivity index (χ4n) is 6.36. The second kappa shape index (κ2) is 8.11. The van der Waals surface area contributed by atoms with Gasteiger partial charge in [-0.2, -0.15) is 0 Å². The molecule has 4 aliphatic rings. The molecule has 28 heavy (non-hydrogen) atoms. The van der Waals surface area contributed by atoms with Gasteiger partial charge < -0.3 is 0 Å². The number of Topliss-reactive ketones (excluding diaryl/α,β-unsaturated/α-hetero) is 1. The van der Waals surface area contributed by atoms with Gasteiger partial charge in [0, 0.05) is 0 Å². The maximum absolute atomic E-state index is 13.7. The van der Waals surface area contributed by atoms with Crippen LogP contribution in [0.3, 0.4) is 0 Å². The van der Waals surface area contributed by atoms with E-state index in [-0.39, 0.29) is 33.6 Å². The minimum atomic E-state index is 0.233. The molecular weight excluding hydrogens is 474 g/mol. The first kappa shape index (κ1) is 19.1. The zero-order valence-corrected chi connectivity index (χ0v) is 19.7. The predicted molar refractivity (Wildman–Crippen MR) is 118 cm³/mol. The van der Waals surface area contributed by atoms with Crippen molar-refractivity contribution in [3.05, 3.63) is 60.7 Å². The van der Waals surface area contributed by atoms with E-state index in [2.05, 4.69) is 60.7 Å². The van der Waals surface area contributed by atoms with Gasteiger partial charge in [0.15, 0.2) is 0 Å². The van der Waals surface area contributed by atoms with Crippen molar-refractivity contribution in [3.63, 3.8) is 0 Å². The molecule has 4 bridgehead atoms. The molecule has 3 heteroatoms. The quantitative estimate of drug-likeness (QED) is 0.524. The molecule has 0 spiro atoms. The third-order valence-electron chi connectivity index (χ3n) is 6.95. The van der Waals surface area contributed by atoms with Crippen LogP contribution in [0.2, 0.25) is 3.71 Å². The molecule has 4 fully saturated rings. The number of ketones is 1. The second-order valence-corrected chi connectivity index (χ2v) is 15.7. The maximum atomic E-state index is 13.7. The molecule has 0 heterocycles. The first-order valence-corrected chi connectivity index (χ1v) is 14.3. The number of hydrogen-bond donors (Lipinski definition) is 0. The Morgan fingerprint density at radius 2 is 1.21 bits per heavy atom. The normalized spacial score (nSPS) is 30.7. The zero-order valence-electron chi connectivity index (χ0n) is 16.3. The van der Waals surface area contributed by atoms with Crippen LogP contribution in [0.5, 0.6) is 0 Å². The average Bonchev–Trinajstić information content (AvgIpc) is 2.68. The third-order valence-corrected chi connectivity index (χ3v) is 13.3. The molecule has 0 aromatic heterocycles. The van der Waals surface area contributed by atoms with Crippen molar-refractivity contribution in [1.82, 2.24) is 0 Å². The standard InChI is InChI=1S/C25H28OSe2/c26-23(17-25-14-18-11-19(15-25)13-20(12-18)16-25)24(27-21-7-3-1-4-8-21)28-22-9-5-2-6-10-22/h1-10,18-20,24H,11-17H2. The molecule has 2 aromatic carbocycles. The first-order valence-electron chi connectivity index (χ1n) is 10.6. The SMILES string of the molecule is O=C(CC12CC3CC(CC(C3)C1)C2)C([Se]c1ccccc1)[Se]c1ccccc1. The van der Waals surface area contributed by atoms with E-state index in [1.807, 2.05) is 0 Å². The van der Waals surface area contributed by atoms with E-state index in [0.29, 0.717) is 11.2 Å². The summed E-state index contributed by atoms with van der Waals surface area (Å²) in [4.78, 5) is 13.7. The van der Waals surface area contributed by atoms with Crippen LogP contribution < -0.4 is 8.92 Å². The van der Waals surface area contributed by atoms with E-state index in [4.69, 9.17) is 0 Å². The Morgan fingerprint density at radius 3 is 1.64 bits per heavy atom. The van der Waals surface area contributed by atoms with E-state index < -0.39 is 0 Å². The van der Waals surface area contributed by atoms with Crippen molar-refractivity contribution < 1.29 is 4.79 Å². The summed E-state index contributed by atoms with van der Waals surface area (Å²) in [5.74, 6) is 3.36. The molecule has 0 saturated heterocycles. The Kier molecular flexibility index (Phi) is 5.54. The fourth-order valence-corrected chi connectivity index (χ4v) is 12.7. The molecule has 146 valence electrons. The molecule has 0 N–H and O–H groups in total. The number of benzene rings is 2. The van der Waals surface area contributed by atoms with Gasteiger partial charge in [-0.25, -0.2) is 0 Å². The molecule has 6 rings (SSSR count). The van der Waals surface area contributed by atoms with Crippen LogP contribution in [0, 0.1) is 23.2 Å². The minimum absolute atomic E-state index is 0.233. The van der Waals surface area contributed by atoms with Crippen LogP contribution in [0.25, 0.3) is 0 Å². The Morgan fingerprint density at radius 1 is 0.786 bits per heavy atom. The van der Waals surface area contributed by atoms with Gasteiger partial charge in [-0.1, -0.05) is 0 Å². The van der Waals surface area contributed by atoms with Crippen LogP contribution in [0.4, 0.5) is 0 Å². The van der Waals surface area contributed by atoms with Gasteiger partial charge in [-0.15, -0.1) is 0 Å². The summed E-state index contributed by atoms with van der Waals surface area (Å²) in [6, 6.07) is 21.5. The van der Waals surface area contributed by atoms with E-state index in [1.165, 1.54) is 47.4 Å². The van der Waals surface area contributed by atoms with Gasteiger partial charge in [-0.3, -0.25) is 0 Å². The van der Waals surface area contributed by atoms with Crippen molar-refractivity contribution in [2.45, 2.75) is 48.7 Å². The van der Waals surface area contributed by atoms with Crippen LogP contribution in [0.1, 0.15) is 44.9 Å². The van der Waals surface area contributed by atoms with Crippen LogP contribution >= 0.6 is 0 Å². The van der Waals surface area contributed by atoms with Crippen molar-refractivity contribution in [3.8, 4) is 0 Å². The summed E-state index contributed by atoms with van der Waals surface area (Å²) >= 11 is 0.465. The molecular formula is C25H28OSe2. The number of carbonyl (C=O) groups is 1. The van der Waals surface area contributed by atoms with E-state index in [0.717, 1.165) is 24.2 Å². The Bertz CT molecular complexity index is 740. The van der Waals surface area contributed by atoms with Gasteiger partial charge >= 0.3 is 182 Å².